The van der Waals surface area contributed by atoms with Crippen LogP contribution in [-0.4, -0.2) is 46.6 Å². The molecule has 0 atom stereocenters. The minimum Gasteiger partial charge on any atom is -0.342 e. The molecule has 8 nitrogen and oxygen atoms in total. The normalized spacial score (nSPS) is 14.2. The maximum absolute atomic E-state index is 12.8. The fourth-order valence-electron chi connectivity index (χ4n) is 3.89. The predicted molar refractivity (Wildman–Crippen MR) is 126 cm³/mol. The monoisotopic (exact) mass is 447 g/mol. The van der Waals surface area contributed by atoms with Crippen molar-refractivity contribution in [2.45, 2.75) is 38.5 Å². The summed E-state index contributed by atoms with van der Waals surface area (Å²) in [6, 6.07) is 16.9. The van der Waals surface area contributed by atoms with Crippen LogP contribution in [0.5, 0.6) is 0 Å². The van der Waals surface area contributed by atoms with Crippen molar-refractivity contribution in [1.29, 1.82) is 0 Å². The zero-order valence-electron chi connectivity index (χ0n) is 18.8. The highest BCUT2D eigenvalue weighted by molar-refractivity contribution is 5.89. The number of urea groups is 1. The first-order chi connectivity index (χ1) is 16.1. The van der Waals surface area contributed by atoms with E-state index in [1.807, 2.05) is 66.4 Å². The zero-order valence-corrected chi connectivity index (χ0v) is 18.8. The third-order valence-electron chi connectivity index (χ3n) is 5.77. The van der Waals surface area contributed by atoms with E-state index >= 15 is 0 Å². The third kappa shape index (κ3) is 5.97. The molecule has 2 heterocycles. The number of aromatic nitrogens is 2. The van der Waals surface area contributed by atoms with E-state index in [-0.39, 0.29) is 17.9 Å². The molecule has 0 saturated carbocycles. The first kappa shape index (κ1) is 22.5. The lowest BCUT2D eigenvalue weighted by atomic mass is 9.96. The van der Waals surface area contributed by atoms with Gasteiger partial charge in [-0.3, -0.25) is 4.79 Å². The summed E-state index contributed by atoms with van der Waals surface area (Å²) in [6.07, 6.45) is 2.83. The maximum atomic E-state index is 12.8. The first-order valence-corrected chi connectivity index (χ1v) is 11.4. The molecule has 3 amide bonds. The highest BCUT2D eigenvalue weighted by Crippen LogP contribution is 2.28. The number of carbonyl (C=O) groups is 2. The second-order valence-corrected chi connectivity index (χ2v) is 8.23. The van der Waals surface area contributed by atoms with Crippen LogP contribution in [-0.2, 0) is 11.2 Å². The molecule has 33 heavy (non-hydrogen) atoms. The van der Waals surface area contributed by atoms with Crippen LogP contribution in [0.25, 0.3) is 11.4 Å². The molecule has 3 aromatic rings. The van der Waals surface area contributed by atoms with Crippen LogP contribution in [0.2, 0.25) is 0 Å². The van der Waals surface area contributed by atoms with Crippen molar-refractivity contribution in [2.75, 3.05) is 25.0 Å². The summed E-state index contributed by atoms with van der Waals surface area (Å²) in [6.45, 7) is 3.98. The summed E-state index contributed by atoms with van der Waals surface area (Å²) in [5.41, 5.74) is 2.56. The summed E-state index contributed by atoms with van der Waals surface area (Å²) in [7, 11) is 0. The average Bonchev–Trinajstić information content (AvgIpc) is 3.35. The minimum atomic E-state index is -0.222. The van der Waals surface area contributed by atoms with Crippen molar-refractivity contribution in [2.24, 2.45) is 0 Å². The fraction of sp³-hybridized carbons (Fsp3) is 0.360. The van der Waals surface area contributed by atoms with Crippen molar-refractivity contribution < 1.29 is 14.1 Å². The number of anilines is 1. The molecule has 8 heteroatoms. The molecule has 0 unspecified atom stereocenters. The topological polar surface area (TPSA) is 100 Å². The number of benzene rings is 2. The summed E-state index contributed by atoms with van der Waals surface area (Å²) in [5.74, 6) is 1.52. The Morgan fingerprint density at radius 3 is 2.48 bits per heavy atom. The molecule has 4 rings (SSSR count). The van der Waals surface area contributed by atoms with Crippen LogP contribution in [0.4, 0.5) is 10.5 Å². The number of rotatable bonds is 7. The molecule has 1 fully saturated rings. The fourth-order valence-corrected chi connectivity index (χ4v) is 3.89. The standard InChI is InChI=1S/C25H29N5O3/c1-2-14-26-25(32)27-21-10-8-18(9-11-21)17-22(31)30-15-12-20(13-16-30)24-28-23(29-33-24)19-6-4-3-5-7-19/h3-11,20H,2,12-17H2,1H3,(H2,26,27,32). The van der Waals surface area contributed by atoms with Crippen LogP contribution >= 0.6 is 0 Å². The van der Waals surface area contributed by atoms with Crippen molar-refractivity contribution in [3.05, 3.63) is 66.1 Å². The molecule has 172 valence electrons. The van der Waals surface area contributed by atoms with E-state index in [4.69, 9.17) is 4.52 Å². The Balaban J connectivity index is 1.26. The van der Waals surface area contributed by atoms with Crippen LogP contribution in [0.1, 0.15) is 43.6 Å². The van der Waals surface area contributed by atoms with Crippen LogP contribution in [0.3, 0.4) is 0 Å². The molecule has 2 aromatic carbocycles. The lowest BCUT2D eigenvalue weighted by molar-refractivity contribution is -0.131. The van der Waals surface area contributed by atoms with Crippen LogP contribution in [0.15, 0.2) is 59.1 Å². The Hall–Kier alpha value is -3.68. The van der Waals surface area contributed by atoms with Gasteiger partial charge >= 0.3 is 6.03 Å². The van der Waals surface area contributed by atoms with Gasteiger partial charge in [0.2, 0.25) is 17.6 Å². The average molecular weight is 448 g/mol. The van der Waals surface area contributed by atoms with Gasteiger partial charge in [-0.25, -0.2) is 4.79 Å². The SMILES string of the molecule is CCCNC(=O)Nc1ccc(CC(=O)N2CCC(c3nc(-c4ccccc4)no3)CC2)cc1. The van der Waals surface area contributed by atoms with Gasteiger partial charge < -0.3 is 20.1 Å². The predicted octanol–water partition coefficient (Wildman–Crippen LogP) is 4.22. The number of piperidine rings is 1. The van der Waals surface area contributed by atoms with Crippen molar-refractivity contribution in [1.82, 2.24) is 20.4 Å². The summed E-state index contributed by atoms with van der Waals surface area (Å²) < 4.78 is 5.51. The Kier molecular flexibility index (Phi) is 7.34. The van der Waals surface area contributed by atoms with E-state index in [1.165, 1.54) is 0 Å². The zero-order chi connectivity index (χ0) is 23.0. The maximum Gasteiger partial charge on any atom is 0.319 e. The van der Waals surface area contributed by atoms with E-state index < -0.39 is 0 Å². The molecule has 1 aromatic heterocycles. The number of carbonyl (C=O) groups excluding carboxylic acids is 2. The summed E-state index contributed by atoms with van der Waals surface area (Å²) in [4.78, 5) is 31.0. The lowest BCUT2D eigenvalue weighted by Crippen LogP contribution is -2.38. The van der Waals surface area contributed by atoms with Gasteiger partial charge in [0, 0.05) is 36.8 Å². The highest BCUT2D eigenvalue weighted by atomic mass is 16.5. The van der Waals surface area contributed by atoms with E-state index in [2.05, 4.69) is 20.8 Å². The summed E-state index contributed by atoms with van der Waals surface area (Å²) >= 11 is 0. The van der Waals surface area contributed by atoms with Crippen molar-refractivity contribution in [3.63, 3.8) is 0 Å². The van der Waals surface area contributed by atoms with E-state index in [0.29, 0.717) is 43.5 Å². The molecule has 2 N–H and O–H groups in total. The number of amides is 3. The number of nitrogens with zero attached hydrogens (tertiary/aromatic N) is 3. The Morgan fingerprint density at radius 2 is 1.79 bits per heavy atom. The van der Waals surface area contributed by atoms with Gasteiger partial charge in [-0.2, -0.15) is 4.98 Å². The highest BCUT2D eigenvalue weighted by Gasteiger charge is 2.27. The lowest BCUT2D eigenvalue weighted by Gasteiger charge is -2.30. The molecule has 0 spiro atoms. The number of nitrogens with one attached hydrogen (secondary N) is 2. The Bertz CT molecular complexity index is 1060. The first-order valence-electron chi connectivity index (χ1n) is 11.4. The largest absolute Gasteiger partial charge is 0.342 e. The molecule has 1 saturated heterocycles. The molecule has 1 aliphatic heterocycles. The minimum absolute atomic E-state index is 0.102. The summed E-state index contributed by atoms with van der Waals surface area (Å²) in [5, 5.41) is 9.67. The molecule has 0 bridgehead atoms. The van der Waals surface area contributed by atoms with Gasteiger partial charge in [-0.1, -0.05) is 54.5 Å². The van der Waals surface area contributed by atoms with Gasteiger partial charge in [0.25, 0.3) is 0 Å². The van der Waals surface area contributed by atoms with Gasteiger partial charge in [-0.15, -0.1) is 0 Å². The Labute approximate surface area is 193 Å². The van der Waals surface area contributed by atoms with Gasteiger partial charge in [0.05, 0.1) is 6.42 Å². The van der Waals surface area contributed by atoms with Gasteiger partial charge in [0.15, 0.2) is 0 Å². The van der Waals surface area contributed by atoms with Crippen LogP contribution in [0, 0.1) is 0 Å². The number of hydrogen-bond donors (Lipinski definition) is 2. The van der Waals surface area contributed by atoms with Crippen LogP contribution < -0.4 is 10.6 Å². The van der Waals surface area contributed by atoms with E-state index in [1.54, 1.807) is 0 Å². The molecular weight excluding hydrogens is 418 g/mol. The second kappa shape index (κ2) is 10.8. The Morgan fingerprint density at radius 1 is 1.06 bits per heavy atom. The van der Waals surface area contributed by atoms with E-state index in [0.717, 1.165) is 30.4 Å². The molecule has 0 radical (unpaired) electrons. The van der Waals surface area contributed by atoms with E-state index in [9.17, 15) is 9.59 Å². The third-order valence-corrected chi connectivity index (χ3v) is 5.77. The molecular formula is C25H29N5O3. The second-order valence-electron chi connectivity index (χ2n) is 8.23. The van der Waals surface area contributed by atoms with Gasteiger partial charge in [-0.05, 0) is 37.0 Å². The van der Waals surface area contributed by atoms with Crippen molar-refractivity contribution >= 4 is 17.6 Å². The molecule has 0 aliphatic carbocycles. The quantitative estimate of drug-likeness (QED) is 0.565. The van der Waals surface area contributed by atoms with Gasteiger partial charge in [0.1, 0.15) is 0 Å². The smallest absolute Gasteiger partial charge is 0.319 e. The van der Waals surface area contributed by atoms with Crippen molar-refractivity contribution in [3.8, 4) is 11.4 Å². The molecule has 1 aliphatic rings. The number of hydrogen-bond acceptors (Lipinski definition) is 5. The number of likely N-dealkylation sites (tertiary alicyclic amines) is 1.